The van der Waals surface area contributed by atoms with E-state index in [0.29, 0.717) is 17.7 Å². The number of hydrogen-bond acceptors (Lipinski definition) is 2. The van der Waals surface area contributed by atoms with Crippen molar-refractivity contribution in [2.75, 3.05) is 6.61 Å². The van der Waals surface area contributed by atoms with E-state index in [1.165, 1.54) is 19.3 Å². The van der Waals surface area contributed by atoms with Crippen LogP contribution in [0.15, 0.2) is 0 Å². The zero-order valence-electron chi connectivity index (χ0n) is 9.53. The van der Waals surface area contributed by atoms with Crippen LogP contribution in [-0.2, 0) is 9.53 Å². The summed E-state index contributed by atoms with van der Waals surface area (Å²) in [6.07, 6.45) is 4.81. The van der Waals surface area contributed by atoms with Gasteiger partial charge in [0, 0.05) is 5.92 Å². The molecule has 3 fully saturated rings. The van der Waals surface area contributed by atoms with Crippen LogP contribution in [0.25, 0.3) is 0 Å². The number of ether oxygens (including phenoxy) is 1. The van der Waals surface area contributed by atoms with Crippen LogP contribution in [0.1, 0.15) is 39.5 Å². The van der Waals surface area contributed by atoms with E-state index in [-0.39, 0.29) is 11.8 Å². The Morgan fingerprint density at radius 2 is 2.13 bits per heavy atom. The molecule has 0 bridgehead atoms. The number of amides is 1. The third-order valence-electron chi connectivity index (χ3n) is 4.65. The first-order chi connectivity index (χ1) is 7.14. The molecule has 3 rings (SSSR count). The Bertz CT molecular complexity index is 304. The second-order valence-electron chi connectivity index (χ2n) is 5.47. The van der Waals surface area contributed by atoms with Gasteiger partial charge in [0.15, 0.2) is 0 Å². The van der Waals surface area contributed by atoms with E-state index in [9.17, 15) is 4.79 Å². The average Bonchev–Trinajstić information content (AvgIpc) is 2.65. The van der Waals surface area contributed by atoms with E-state index in [2.05, 4.69) is 6.92 Å². The maximum atomic E-state index is 12.3. The van der Waals surface area contributed by atoms with Crippen molar-refractivity contribution >= 4 is 5.91 Å². The van der Waals surface area contributed by atoms with Gasteiger partial charge >= 0.3 is 0 Å². The van der Waals surface area contributed by atoms with Crippen molar-refractivity contribution in [1.29, 1.82) is 0 Å². The highest BCUT2D eigenvalue weighted by Gasteiger charge is 2.60. The summed E-state index contributed by atoms with van der Waals surface area (Å²) in [6.45, 7) is 4.95. The molecule has 0 aromatic heterocycles. The summed E-state index contributed by atoms with van der Waals surface area (Å²) < 4.78 is 5.65. The van der Waals surface area contributed by atoms with Crippen LogP contribution in [0.4, 0.5) is 0 Å². The maximum Gasteiger partial charge on any atom is 0.228 e. The summed E-state index contributed by atoms with van der Waals surface area (Å²) in [6, 6.07) is 0. The molecule has 3 heteroatoms. The van der Waals surface area contributed by atoms with Crippen LogP contribution in [0, 0.1) is 11.8 Å². The molecule has 1 unspecified atom stereocenters. The van der Waals surface area contributed by atoms with Crippen molar-refractivity contribution in [3.63, 3.8) is 0 Å². The zero-order chi connectivity index (χ0) is 10.6. The third kappa shape index (κ3) is 1.07. The van der Waals surface area contributed by atoms with Crippen LogP contribution in [0.2, 0.25) is 0 Å². The molecule has 0 spiro atoms. The molecule has 3 nitrogen and oxygen atoms in total. The Morgan fingerprint density at radius 3 is 2.93 bits per heavy atom. The number of nitrogens with zero attached hydrogens (tertiary/aromatic N) is 1. The molecule has 2 heterocycles. The molecule has 1 amide bonds. The van der Waals surface area contributed by atoms with Crippen molar-refractivity contribution in [3.8, 4) is 0 Å². The van der Waals surface area contributed by atoms with Crippen molar-refractivity contribution in [2.24, 2.45) is 11.8 Å². The molecular weight excluding hydrogens is 190 g/mol. The highest BCUT2D eigenvalue weighted by atomic mass is 16.5. The highest BCUT2D eigenvalue weighted by Crippen LogP contribution is 2.50. The Morgan fingerprint density at radius 1 is 1.40 bits per heavy atom. The fraction of sp³-hybridized carbons (Fsp3) is 0.917. The monoisotopic (exact) mass is 209 g/mol. The largest absolute Gasteiger partial charge is 0.356 e. The minimum absolute atomic E-state index is 0.00157. The lowest BCUT2D eigenvalue weighted by Gasteiger charge is -2.34. The minimum Gasteiger partial charge on any atom is -0.356 e. The standard InChI is InChI=1S/C12H19NO2/c1-8-13-11(14)9-5-3-4-6-10(9)12(13,2)7-15-8/h8-10H,3-7H2,1-2H3/t8-,9-,10?,12-/m0/s1. The molecule has 2 aliphatic heterocycles. The van der Waals surface area contributed by atoms with Gasteiger partial charge in [0.05, 0.1) is 12.1 Å². The summed E-state index contributed by atoms with van der Waals surface area (Å²) >= 11 is 0. The quantitative estimate of drug-likeness (QED) is 0.608. The van der Waals surface area contributed by atoms with E-state index < -0.39 is 0 Å². The number of hydrogen-bond donors (Lipinski definition) is 0. The molecule has 0 radical (unpaired) electrons. The number of carbonyl (C=O) groups is 1. The lowest BCUT2D eigenvalue weighted by atomic mass is 9.73. The number of fused-ring (bicyclic) bond motifs is 3. The maximum absolute atomic E-state index is 12.3. The summed E-state index contributed by atoms with van der Waals surface area (Å²) in [4.78, 5) is 14.3. The van der Waals surface area contributed by atoms with E-state index in [1.807, 2.05) is 11.8 Å². The van der Waals surface area contributed by atoms with Gasteiger partial charge in [-0.05, 0) is 32.6 Å². The van der Waals surface area contributed by atoms with Crippen LogP contribution in [0.3, 0.4) is 0 Å². The van der Waals surface area contributed by atoms with Crippen molar-refractivity contribution in [3.05, 3.63) is 0 Å². The van der Waals surface area contributed by atoms with Crippen LogP contribution in [0.5, 0.6) is 0 Å². The van der Waals surface area contributed by atoms with Gasteiger partial charge < -0.3 is 9.64 Å². The SMILES string of the molecule is C[C@@H]1OC[C@@]2(C)C3CCCC[C@@H]3C(=O)N12. The second kappa shape index (κ2) is 2.97. The Balaban J connectivity index is 1.99. The smallest absolute Gasteiger partial charge is 0.228 e. The number of carbonyl (C=O) groups excluding carboxylic acids is 1. The molecule has 84 valence electrons. The average molecular weight is 209 g/mol. The molecule has 0 aromatic rings. The van der Waals surface area contributed by atoms with Crippen molar-refractivity contribution in [2.45, 2.75) is 51.3 Å². The lowest BCUT2D eigenvalue weighted by molar-refractivity contribution is -0.137. The summed E-state index contributed by atoms with van der Waals surface area (Å²) in [5, 5.41) is 0. The molecule has 3 aliphatic rings. The molecule has 15 heavy (non-hydrogen) atoms. The molecule has 1 aliphatic carbocycles. The number of rotatable bonds is 0. The van der Waals surface area contributed by atoms with Gasteiger partial charge in [0.2, 0.25) is 5.91 Å². The third-order valence-corrected chi connectivity index (χ3v) is 4.65. The minimum atomic E-state index is -0.00639. The van der Waals surface area contributed by atoms with Crippen molar-refractivity contribution < 1.29 is 9.53 Å². The van der Waals surface area contributed by atoms with Crippen LogP contribution in [-0.4, -0.2) is 29.2 Å². The van der Waals surface area contributed by atoms with Gasteiger partial charge in [-0.15, -0.1) is 0 Å². The molecule has 0 aromatic carbocycles. The molecule has 1 saturated carbocycles. The first kappa shape index (κ1) is 9.64. The van der Waals surface area contributed by atoms with E-state index in [0.717, 1.165) is 13.0 Å². The Hall–Kier alpha value is -0.570. The van der Waals surface area contributed by atoms with Gasteiger partial charge in [-0.3, -0.25) is 4.79 Å². The van der Waals surface area contributed by atoms with E-state index in [4.69, 9.17) is 4.74 Å². The van der Waals surface area contributed by atoms with E-state index >= 15 is 0 Å². The zero-order valence-corrected chi connectivity index (χ0v) is 9.53. The fourth-order valence-electron chi connectivity index (χ4n) is 3.91. The van der Waals surface area contributed by atoms with Gasteiger partial charge in [-0.25, -0.2) is 0 Å². The topological polar surface area (TPSA) is 29.5 Å². The molecule has 4 atom stereocenters. The molecule has 2 saturated heterocycles. The second-order valence-corrected chi connectivity index (χ2v) is 5.47. The Kier molecular flexibility index (Phi) is 1.91. The normalized spacial score (nSPS) is 49.3. The van der Waals surface area contributed by atoms with Crippen molar-refractivity contribution in [1.82, 2.24) is 4.90 Å². The summed E-state index contributed by atoms with van der Waals surface area (Å²) in [5.74, 6) is 1.20. The van der Waals surface area contributed by atoms with Gasteiger partial charge in [0.25, 0.3) is 0 Å². The highest BCUT2D eigenvalue weighted by molar-refractivity contribution is 5.83. The molecular formula is C12H19NO2. The summed E-state index contributed by atoms with van der Waals surface area (Å²) in [7, 11) is 0. The van der Waals surface area contributed by atoms with Gasteiger partial charge in [-0.1, -0.05) is 12.8 Å². The first-order valence-electron chi connectivity index (χ1n) is 6.09. The lowest BCUT2D eigenvalue weighted by Crippen LogP contribution is -2.46. The van der Waals surface area contributed by atoms with Gasteiger partial charge in [-0.2, -0.15) is 0 Å². The Labute approximate surface area is 90.8 Å². The van der Waals surface area contributed by atoms with E-state index in [1.54, 1.807) is 0 Å². The summed E-state index contributed by atoms with van der Waals surface area (Å²) in [5.41, 5.74) is 0.00157. The molecule has 0 N–H and O–H groups in total. The predicted octanol–water partition coefficient (Wildman–Crippen LogP) is 1.77. The van der Waals surface area contributed by atoms with Crippen LogP contribution >= 0.6 is 0 Å². The van der Waals surface area contributed by atoms with Crippen LogP contribution < -0.4 is 0 Å². The first-order valence-corrected chi connectivity index (χ1v) is 6.09. The predicted molar refractivity (Wildman–Crippen MR) is 56.1 cm³/mol. The fourth-order valence-corrected chi connectivity index (χ4v) is 3.91. The van der Waals surface area contributed by atoms with Gasteiger partial charge in [0.1, 0.15) is 6.23 Å².